The van der Waals surface area contributed by atoms with Gasteiger partial charge in [0.25, 0.3) is 0 Å². The Morgan fingerprint density at radius 3 is 2.76 bits per heavy atom. The van der Waals surface area contributed by atoms with E-state index in [1.165, 1.54) is 6.92 Å². The largest absolute Gasteiger partial charge is 0.480 e. The maximum Gasteiger partial charge on any atom is 0.327 e. The number of carbonyl (C=O) groups is 2. The van der Waals surface area contributed by atoms with Gasteiger partial charge in [0.1, 0.15) is 6.04 Å². The molecule has 0 spiro atoms. The van der Waals surface area contributed by atoms with Gasteiger partial charge in [-0.15, -0.1) is 0 Å². The highest BCUT2D eigenvalue weighted by molar-refractivity contribution is 5.82. The minimum absolute atomic E-state index is 0.170. The molecule has 0 saturated heterocycles. The van der Waals surface area contributed by atoms with Crippen LogP contribution in [0.1, 0.15) is 12.5 Å². The first-order chi connectivity index (χ1) is 7.99. The van der Waals surface area contributed by atoms with Crippen LogP contribution < -0.4 is 10.6 Å². The zero-order valence-electron chi connectivity index (χ0n) is 9.80. The highest BCUT2D eigenvalue weighted by Crippen LogP contribution is 1.95. The molecular weight excluding hydrogens is 224 g/mol. The van der Waals surface area contributed by atoms with Gasteiger partial charge in [-0.25, -0.2) is 4.79 Å². The van der Waals surface area contributed by atoms with Crippen molar-refractivity contribution in [2.45, 2.75) is 19.5 Å². The third-order valence-corrected chi connectivity index (χ3v) is 2.11. The van der Waals surface area contributed by atoms with Crippen LogP contribution in [-0.4, -0.2) is 39.4 Å². The van der Waals surface area contributed by atoms with Crippen molar-refractivity contribution < 1.29 is 14.7 Å². The number of rotatable bonds is 6. The lowest BCUT2D eigenvalue weighted by Gasteiger charge is -2.13. The molecule has 0 aliphatic rings. The van der Waals surface area contributed by atoms with E-state index in [9.17, 15) is 9.59 Å². The van der Waals surface area contributed by atoms with Crippen molar-refractivity contribution in [1.82, 2.24) is 20.4 Å². The lowest BCUT2D eigenvalue weighted by Crippen LogP contribution is -2.46. The molecule has 0 aliphatic heterocycles. The standard InChI is InChI=1S/C10H16N4O3/c1-7(15)13-9(10(16)17)5-11-3-8-4-12-14(2)6-8/h4,6,9,11H,3,5H2,1-2H3,(H,13,15)(H,16,17). The summed E-state index contributed by atoms with van der Waals surface area (Å²) >= 11 is 0. The molecule has 0 saturated carbocycles. The number of nitrogens with zero attached hydrogens (tertiary/aromatic N) is 2. The lowest BCUT2D eigenvalue weighted by molar-refractivity contribution is -0.141. The van der Waals surface area contributed by atoms with Gasteiger partial charge in [-0.1, -0.05) is 0 Å². The fourth-order valence-electron chi connectivity index (χ4n) is 1.37. The minimum Gasteiger partial charge on any atom is -0.480 e. The number of aromatic nitrogens is 2. The van der Waals surface area contributed by atoms with Crippen LogP contribution >= 0.6 is 0 Å². The van der Waals surface area contributed by atoms with Gasteiger partial charge in [0.15, 0.2) is 0 Å². The minimum atomic E-state index is -1.06. The molecule has 1 atom stereocenters. The predicted octanol–water partition coefficient (Wildman–Crippen LogP) is -0.901. The van der Waals surface area contributed by atoms with Crippen LogP contribution in [0.15, 0.2) is 12.4 Å². The van der Waals surface area contributed by atoms with Gasteiger partial charge in [-0.05, 0) is 0 Å². The zero-order valence-corrected chi connectivity index (χ0v) is 9.80. The first kappa shape index (κ1) is 13.2. The Balaban J connectivity index is 2.37. The second-order valence-electron chi connectivity index (χ2n) is 3.74. The first-order valence-corrected chi connectivity index (χ1v) is 5.17. The SMILES string of the molecule is CC(=O)NC(CNCc1cnn(C)c1)C(=O)O. The highest BCUT2D eigenvalue weighted by atomic mass is 16.4. The van der Waals surface area contributed by atoms with Crippen molar-refractivity contribution in [2.75, 3.05) is 6.54 Å². The Kier molecular flexibility index (Phi) is 4.65. The number of aliphatic carboxylic acids is 1. The van der Waals surface area contributed by atoms with Crippen molar-refractivity contribution >= 4 is 11.9 Å². The van der Waals surface area contributed by atoms with Crippen molar-refractivity contribution in [2.24, 2.45) is 7.05 Å². The van der Waals surface area contributed by atoms with Crippen LogP contribution in [0.25, 0.3) is 0 Å². The molecule has 0 aliphatic carbocycles. The molecule has 1 aromatic rings. The lowest BCUT2D eigenvalue weighted by atomic mass is 10.2. The molecule has 7 nitrogen and oxygen atoms in total. The smallest absolute Gasteiger partial charge is 0.327 e. The van der Waals surface area contributed by atoms with Gasteiger partial charge >= 0.3 is 5.97 Å². The van der Waals surface area contributed by atoms with Gasteiger partial charge in [-0.2, -0.15) is 5.10 Å². The van der Waals surface area contributed by atoms with Crippen LogP contribution in [0, 0.1) is 0 Å². The summed E-state index contributed by atoms with van der Waals surface area (Å²) < 4.78 is 1.67. The average molecular weight is 240 g/mol. The van der Waals surface area contributed by atoms with Crippen LogP contribution in [0.5, 0.6) is 0 Å². The first-order valence-electron chi connectivity index (χ1n) is 5.17. The maximum atomic E-state index is 10.8. The molecule has 1 aromatic heterocycles. The number of carboxylic acids is 1. The third-order valence-electron chi connectivity index (χ3n) is 2.11. The van der Waals surface area contributed by atoms with E-state index in [2.05, 4.69) is 15.7 Å². The van der Waals surface area contributed by atoms with E-state index in [1.54, 1.807) is 17.9 Å². The average Bonchev–Trinajstić information content (AvgIpc) is 2.62. The Bertz CT molecular complexity index is 402. The number of carboxylic acid groups (broad SMARTS) is 1. The molecule has 3 N–H and O–H groups in total. The molecule has 94 valence electrons. The maximum absolute atomic E-state index is 10.8. The van der Waals surface area contributed by atoms with Gasteiger partial charge in [0.05, 0.1) is 6.20 Å². The van der Waals surface area contributed by atoms with E-state index in [0.717, 1.165) is 5.56 Å². The molecule has 17 heavy (non-hydrogen) atoms. The molecule has 1 heterocycles. The van der Waals surface area contributed by atoms with Gasteiger partial charge in [0, 0.05) is 38.8 Å². The predicted molar refractivity (Wildman–Crippen MR) is 60.2 cm³/mol. The topological polar surface area (TPSA) is 96.3 Å². The Morgan fingerprint density at radius 1 is 1.59 bits per heavy atom. The Labute approximate surface area is 98.8 Å². The number of aryl methyl sites for hydroxylation is 1. The molecular formula is C10H16N4O3. The summed E-state index contributed by atoms with van der Waals surface area (Å²) in [6.07, 6.45) is 3.53. The van der Waals surface area contributed by atoms with Crippen molar-refractivity contribution in [3.05, 3.63) is 18.0 Å². The van der Waals surface area contributed by atoms with Gasteiger partial charge in [0.2, 0.25) is 5.91 Å². The molecule has 0 fully saturated rings. The van der Waals surface area contributed by atoms with Crippen LogP contribution in [0.3, 0.4) is 0 Å². The van der Waals surface area contributed by atoms with Crippen molar-refractivity contribution in [3.8, 4) is 0 Å². The number of hydrogen-bond donors (Lipinski definition) is 3. The summed E-state index contributed by atoms with van der Waals surface area (Å²) in [7, 11) is 1.81. The second kappa shape index (κ2) is 6.00. The summed E-state index contributed by atoms with van der Waals surface area (Å²) in [6, 6.07) is -0.913. The fourth-order valence-corrected chi connectivity index (χ4v) is 1.37. The summed E-state index contributed by atoms with van der Waals surface area (Å²) in [5.74, 6) is -1.42. The summed E-state index contributed by atoms with van der Waals surface area (Å²) in [6.45, 7) is 1.97. The Hall–Kier alpha value is -1.89. The van der Waals surface area contributed by atoms with Crippen molar-refractivity contribution in [1.29, 1.82) is 0 Å². The normalized spacial score (nSPS) is 12.1. The van der Waals surface area contributed by atoms with Crippen LogP contribution in [-0.2, 0) is 23.2 Å². The summed E-state index contributed by atoms with van der Waals surface area (Å²) in [4.78, 5) is 21.6. The van der Waals surface area contributed by atoms with Crippen LogP contribution in [0.2, 0.25) is 0 Å². The molecule has 7 heteroatoms. The molecule has 1 unspecified atom stereocenters. The number of nitrogens with one attached hydrogen (secondary N) is 2. The van der Waals surface area contributed by atoms with Gasteiger partial charge in [-0.3, -0.25) is 9.48 Å². The third kappa shape index (κ3) is 4.64. The van der Waals surface area contributed by atoms with Crippen LogP contribution in [0.4, 0.5) is 0 Å². The zero-order chi connectivity index (χ0) is 12.8. The van der Waals surface area contributed by atoms with E-state index in [-0.39, 0.29) is 12.5 Å². The highest BCUT2D eigenvalue weighted by Gasteiger charge is 2.17. The number of hydrogen-bond acceptors (Lipinski definition) is 4. The van der Waals surface area contributed by atoms with E-state index < -0.39 is 12.0 Å². The van der Waals surface area contributed by atoms with E-state index in [1.807, 2.05) is 6.20 Å². The summed E-state index contributed by atoms with van der Waals surface area (Å²) in [5, 5.41) is 18.1. The van der Waals surface area contributed by atoms with E-state index >= 15 is 0 Å². The van der Waals surface area contributed by atoms with E-state index in [4.69, 9.17) is 5.11 Å². The van der Waals surface area contributed by atoms with Crippen molar-refractivity contribution in [3.63, 3.8) is 0 Å². The second-order valence-corrected chi connectivity index (χ2v) is 3.74. The monoisotopic (exact) mass is 240 g/mol. The number of carbonyl (C=O) groups excluding carboxylic acids is 1. The Morgan fingerprint density at radius 2 is 2.29 bits per heavy atom. The molecule has 0 bridgehead atoms. The molecule has 1 rings (SSSR count). The quantitative estimate of drug-likeness (QED) is 0.598. The molecule has 0 radical (unpaired) electrons. The fraction of sp³-hybridized carbons (Fsp3) is 0.500. The van der Waals surface area contributed by atoms with Gasteiger partial charge < -0.3 is 15.7 Å². The number of amides is 1. The molecule has 0 aromatic carbocycles. The molecule has 1 amide bonds. The van der Waals surface area contributed by atoms with E-state index in [0.29, 0.717) is 6.54 Å². The summed E-state index contributed by atoms with van der Waals surface area (Å²) in [5.41, 5.74) is 0.958.